The van der Waals surface area contributed by atoms with E-state index >= 15 is 0 Å². The molecule has 0 N–H and O–H groups in total. The van der Waals surface area contributed by atoms with Crippen molar-refractivity contribution >= 4 is 0 Å². The normalized spacial score (nSPS) is 9.93. The minimum absolute atomic E-state index is 0.615. The smallest absolute Gasteiger partial charge is 0.120 e. The summed E-state index contributed by atoms with van der Waals surface area (Å²) >= 11 is 0. The van der Waals surface area contributed by atoms with E-state index in [-0.39, 0.29) is 0 Å². The van der Waals surface area contributed by atoms with Gasteiger partial charge in [0.15, 0.2) is 0 Å². The van der Waals surface area contributed by atoms with Crippen LogP contribution in [0.4, 0.5) is 0 Å². The molecule has 2 rings (SSSR count). The highest BCUT2D eigenvalue weighted by Gasteiger charge is 1.95. The summed E-state index contributed by atoms with van der Waals surface area (Å²) in [5, 5.41) is 0. The first-order valence-electron chi connectivity index (χ1n) is 5.00. The fourth-order valence-corrected chi connectivity index (χ4v) is 1.39. The molecule has 0 heterocycles. The highest BCUT2D eigenvalue weighted by atomic mass is 16.5. The van der Waals surface area contributed by atoms with Crippen LogP contribution < -0.4 is 4.74 Å². The molecule has 0 fully saturated rings. The van der Waals surface area contributed by atoms with Gasteiger partial charge in [0.05, 0.1) is 0 Å². The van der Waals surface area contributed by atoms with Gasteiger partial charge < -0.3 is 4.74 Å². The van der Waals surface area contributed by atoms with Gasteiger partial charge in [0.25, 0.3) is 0 Å². The molecule has 1 radical (unpaired) electrons. The average molecular weight is 197 g/mol. The Morgan fingerprint density at radius 3 is 2.67 bits per heavy atom. The molecule has 0 unspecified atom stereocenters. The summed E-state index contributed by atoms with van der Waals surface area (Å²) in [7, 11) is 0. The molecule has 0 aromatic heterocycles. The zero-order valence-electron chi connectivity index (χ0n) is 8.73. The number of aryl methyl sites for hydroxylation is 1. The lowest BCUT2D eigenvalue weighted by Gasteiger charge is -2.06. The number of hydrogen-bond donors (Lipinski definition) is 0. The van der Waals surface area contributed by atoms with Crippen molar-refractivity contribution in [3.63, 3.8) is 0 Å². The van der Waals surface area contributed by atoms with Gasteiger partial charge in [-0.1, -0.05) is 36.4 Å². The van der Waals surface area contributed by atoms with Crippen molar-refractivity contribution in [1.29, 1.82) is 0 Å². The van der Waals surface area contributed by atoms with E-state index in [9.17, 15) is 0 Å². The largest absolute Gasteiger partial charge is 0.489 e. The maximum absolute atomic E-state index is 5.65. The molecule has 0 atom stereocenters. The minimum atomic E-state index is 0.615. The number of hydrogen-bond acceptors (Lipinski definition) is 1. The van der Waals surface area contributed by atoms with E-state index in [4.69, 9.17) is 4.74 Å². The molecule has 0 bridgehead atoms. The molecule has 0 saturated heterocycles. The molecule has 1 heteroatoms. The van der Waals surface area contributed by atoms with Crippen LogP contribution in [0.5, 0.6) is 5.75 Å². The van der Waals surface area contributed by atoms with Gasteiger partial charge in [-0.05, 0) is 36.2 Å². The Labute approximate surface area is 90.3 Å². The molecule has 0 saturated carbocycles. The highest BCUT2D eigenvalue weighted by molar-refractivity contribution is 5.27. The van der Waals surface area contributed by atoms with E-state index in [1.54, 1.807) is 0 Å². The molecular weight excluding hydrogens is 184 g/mol. The Hall–Kier alpha value is -1.76. The van der Waals surface area contributed by atoms with Gasteiger partial charge in [0.1, 0.15) is 12.4 Å². The Morgan fingerprint density at radius 2 is 1.93 bits per heavy atom. The molecule has 75 valence electrons. The van der Waals surface area contributed by atoms with Crippen molar-refractivity contribution in [1.82, 2.24) is 0 Å². The van der Waals surface area contributed by atoms with E-state index in [0.29, 0.717) is 6.61 Å². The van der Waals surface area contributed by atoms with Crippen molar-refractivity contribution in [3.8, 4) is 5.75 Å². The molecule has 0 spiro atoms. The molecule has 2 aromatic carbocycles. The summed E-state index contributed by atoms with van der Waals surface area (Å²) in [5.41, 5.74) is 2.28. The molecule has 2 aromatic rings. The molecular formula is C14H13O. The van der Waals surface area contributed by atoms with Crippen LogP contribution in [0.15, 0.2) is 48.5 Å². The second-order valence-corrected chi connectivity index (χ2v) is 3.48. The first kappa shape index (κ1) is 9.78. The van der Waals surface area contributed by atoms with Crippen LogP contribution >= 0.6 is 0 Å². The minimum Gasteiger partial charge on any atom is -0.489 e. The van der Waals surface area contributed by atoms with Crippen LogP contribution in [0.1, 0.15) is 11.1 Å². The van der Waals surface area contributed by atoms with Crippen molar-refractivity contribution in [2.45, 2.75) is 13.5 Å². The number of ether oxygens (including phenoxy) is 1. The Kier molecular flexibility index (Phi) is 3.03. The van der Waals surface area contributed by atoms with Gasteiger partial charge in [-0.25, -0.2) is 0 Å². The van der Waals surface area contributed by atoms with Crippen molar-refractivity contribution in [3.05, 3.63) is 65.7 Å². The standard InChI is InChI=1S/C14H13O/c1-12-6-5-9-14(10-12)15-11-13-7-3-2-4-8-13/h2-5,7-10H,11H2,1H3. The molecule has 1 nitrogen and oxygen atoms in total. The molecule has 0 amide bonds. The van der Waals surface area contributed by atoms with Crippen molar-refractivity contribution < 1.29 is 4.74 Å². The van der Waals surface area contributed by atoms with Crippen molar-refractivity contribution in [2.75, 3.05) is 0 Å². The number of rotatable bonds is 3. The third-order valence-electron chi connectivity index (χ3n) is 2.17. The summed E-state index contributed by atoms with van der Waals surface area (Å²) < 4.78 is 5.65. The summed E-state index contributed by atoms with van der Waals surface area (Å²) in [6, 6.07) is 19.0. The summed E-state index contributed by atoms with van der Waals surface area (Å²) in [6.07, 6.45) is 0. The summed E-state index contributed by atoms with van der Waals surface area (Å²) in [5.74, 6) is 0.898. The Bertz CT molecular complexity index is 420. The molecule has 15 heavy (non-hydrogen) atoms. The Balaban J connectivity index is 1.99. The van der Waals surface area contributed by atoms with Gasteiger partial charge in [0.2, 0.25) is 0 Å². The summed E-state index contributed by atoms with van der Waals surface area (Å²) in [4.78, 5) is 0. The second kappa shape index (κ2) is 4.65. The van der Waals surface area contributed by atoms with Crippen molar-refractivity contribution in [2.24, 2.45) is 0 Å². The monoisotopic (exact) mass is 197 g/mol. The zero-order valence-corrected chi connectivity index (χ0v) is 8.73. The topological polar surface area (TPSA) is 9.23 Å². The van der Waals surface area contributed by atoms with Crippen LogP contribution in [0.2, 0.25) is 0 Å². The molecule has 0 aliphatic heterocycles. The fraction of sp³-hybridized carbons (Fsp3) is 0.143. The predicted molar refractivity (Wildman–Crippen MR) is 60.8 cm³/mol. The number of benzene rings is 2. The molecule has 0 aliphatic carbocycles. The quantitative estimate of drug-likeness (QED) is 0.733. The SMILES string of the molecule is Cc1[c]ccc(OCc2ccccc2)c1. The second-order valence-electron chi connectivity index (χ2n) is 3.48. The summed E-state index contributed by atoms with van der Waals surface area (Å²) in [6.45, 7) is 2.62. The van der Waals surface area contributed by atoms with Gasteiger partial charge >= 0.3 is 0 Å². The van der Waals surface area contributed by atoms with Crippen LogP contribution in [0.3, 0.4) is 0 Å². The van der Waals surface area contributed by atoms with Gasteiger partial charge in [-0.3, -0.25) is 0 Å². The maximum Gasteiger partial charge on any atom is 0.120 e. The lowest BCUT2D eigenvalue weighted by Crippen LogP contribution is -1.94. The van der Waals surface area contributed by atoms with Crippen LogP contribution in [0, 0.1) is 13.0 Å². The van der Waals surface area contributed by atoms with Gasteiger partial charge in [-0.2, -0.15) is 0 Å². The van der Waals surface area contributed by atoms with Gasteiger partial charge in [-0.15, -0.1) is 0 Å². The molecule has 0 aliphatic rings. The fourth-order valence-electron chi connectivity index (χ4n) is 1.39. The lowest BCUT2D eigenvalue weighted by atomic mass is 10.2. The van der Waals surface area contributed by atoms with Crippen LogP contribution in [0.25, 0.3) is 0 Å². The van der Waals surface area contributed by atoms with E-state index in [1.165, 1.54) is 5.56 Å². The first-order chi connectivity index (χ1) is 7.34. The third-order valence-corrected chi connectivity index (χ3v) is 2.17. The highest BCUT2D eigenvalue weighted by Crippen LogP contribution is 2.13. The first-order valence-corrected chi connectivity index (χ1v) is 5.00. The van der Waals surface area contributed by atoms with Crippen LogP contribution in [-0.2, 0) is 6.61 Å². The van der Waals surface area contributed by atoms with E-state index < -0.39 is 0 Å². The van der Waals surface area contributed by atoms with E-state index in [1.807, 2.05) is 43.3 Å². The third kappa shape index (κ3) is 2.84. The van der Waals surface area contributed by atoms with Gasteiger partial charge in [0, 0.05) is 0 Å². The Morgan fingerprint density at radius 1 is 1.13 bits per heavy atom. The van der Waals surface area contributed by atoms with Crippen LogP contribution in [-0.4, -0.2) is 0 Å². The average Bonchev–Trinajstić information content (AvgIpc) is 2.28. The maximum atomic E-state index is 5.65. The predicted octanol–water partition coefficient (Wildman–Crippen LogP) is 3.37. The zero-order chi connectivity index (χ0) is 10.5. The lowest BCUT2D eigenvalue weighted by molar-refractivity contribution is 0.306. The van der Waals surface area contributed by atoms with E-state index in [0.717, 1.165) is 11.3 Å². The van der Waals surface area contributed by atoms with E-state index in [2.05, 4.69) is 18.2 Å².